The monoisotopic (exact) mass is 318 g/mol. The van der Waals surface area contributed by atoms with E-state index in [-0.39, 0.29) is 12.0 Å². The van der Waals surface area contributed by atoms with Crippen LogP contribution >= 0.6 is 11.8 Å². The van der Waals surface area contributed by atoms with Crippen molar-refractivity contribution in [1.82, 2.24) is 4.90 Å². The van der Waals surface area contributed by atoms with Gasteiger partial charge in [-0.3, -0.25) is 19.3 Å². The summed E-state index contributed by atoms with van der Waals surface area (Å²) in [6, 6.07) is 7.81. The summed E-state index contributed by atoms with van der Waals surface area (Å²) in [7, 11) is 0. The van der Waals surface area contributed by atoms with Gasteiger partial charge in [0.1, 0.15) is 6.54 Å². The van der Waals surface area contributed by atoms with Crippen molar-refractivity contribution in [3.8, 4) is 0 Å². The molecular formula is C16H18N2O3S. The Balaban J connectivity index is 2.22. The Morgan fingerprint density at radius 1 is 1.23 bits per heavy atom. The molecule has 0 saturated carbocycles. The first-order valence-electron chi connectivity index (χ1n) is 6.83. The minimum absolute atomic E-state index is 0.0534. The molecule has 1 saturated heterocycles. The molecule has 0 spiro atoms. The van der Waals surface area contributed by atoms with Crippen LogP contribution in [0.3, 0.4) is 0 Å². The van der Waals surface area contributed by atoms with Gasteiger partial charge in [0.05, 0.1) is 4.91 Å². The van der Waals surface area contributed by atoms with E-state index in [1.165, 1.54) is 5.56 Å². The second kappa shape index (κ2) is 5.96. The fraction of sp³-hybridized carbons (Fsp3) is 0.312. The third-order valence-corrected chi connectivity index (χ3v) is 4.17. The van der Waals surface area contributed by atoms with Gasteiger partial charge in [-0.05, 0) is 34.4 Å². The van der Waals surface area contributed by atoms with Crippen LogP contribution in [0.15, 0.2) is 29.2 Å². The quantitative estimate of drug-likeness (QED) is 0.868. The number of thioether (sulfide) groups is 1. The Hall–Kier alpha value is -2.08. The molecule has 0 bridgehead atoms. The molecule has 0 atom stereocenters. The molecule has 0 radical (unpaired) electrons. The third kappa shape index (κ3) is 3.57. The van der Waals surface area contributed by atoms with Crippen LogP contribution in [0.5, 0.6) is 0 Å². The Labute approximate surface area is 133 Å². The SMILES string of the molecule is CC(C)(C)c1ccc(/C=C2\SC(=O)N(CC(N)=O)C2=O)cc1. The van der Waals surface area contributed by atoms with E-state index in [9.17, 15) is 14.4 Å². The fourth-order valence-electron chi connectivity index (χ4n) is 2.02. The van der Waals surface area contributed by atoms with Crippen molar-refractivity contribution in [2.45, 2.75) is 26.2 Å². The molecule has 2 rings (SSSR count). The number of carbonyl (C=O) groups is 3. The lowest BCUT2D eigenvalue weighted by Crippen LogP contribution is -2.36. The largest absolute Gasteiger partial charge is 0.368 e. The molecule has 1 aliphatic rings. The molecule has 5 nitrogen and oxygen atoms in total. The van der Waals surface area contributed by atoms with Crippen molar-refractivity contribution < 1.29 is 14.4 Å². The summed E-state index contributed by atoms with van der Waals surface area (Å²) in [5.41, 5.74) is 7.11. The number of nitrogens with two attached hydrogens (primary N) is 1. The van der Waals surface area contributed by atoms with Gasteiger partial charge in [-0.15, -0.1) is 0 Å². The molecule has 1 aliphatic heterocycles. The molecule has 1 aromatic rings. The van der Waals surface area contributed by atoms with E-state index in [1.54, 1.807) is 6.08 Å². The Bertz CT molecular complexity index is 657. The number of hydrogen-bond acceptors (Lipinski definition) is 4. The van der Waals surface area contributed by atoms with E-state index >= 15 is 0 Å². The molecule has 22 heavy (non-hydrogen) atoms. The van der Waals surface area contributed by atoms with Crippen molar-refractivity contribution in [3.63, 3.8) is 0 Å². The van der Waals surface area contributed by atoms with Crippen LogP contribution in [0, 0.1) is 0 Å². The van der Waals surface area contributed by atoms with Gasteiger partial charge in [0.2, 0.25) is 5.91 Å². The third-order valence-electron chi connectivity index (χ3n) is 3.26. The number of nitrogens with zero attached hydrogens (tertiary/aromatic N) is 1. The zero-order chi connectivity index (χ0) is 16.5. The number of amides is 3. The van der Waals surface area contributed by atoms with Crippen molar-refractivity contribution in [3.05, 3.63) is 40.3 Å². The number of hydrogen-bond donors (Lipinski definition) is 1. The van der Waals surface area contributed by atoms with E-state index in [4.69, 9.17) is 5.73 Å². The number of imide groups is 1. The number of benzene rings is 1. The predicted octanol–water partition coefficient (Wildman–Crippen LogP) is 2.51. The maximum atomic E-state index is 12.1. The van der Waals surface area contributed by atoms with Crippen LogP contribution in [0.2, 0.25) is 0 Å². The van der Waals surface area contributed by atoms with E-state index in [0.717, 1.165) is 22.2 Å². The van der Waals surface area contributed by atoms with Crippen LogP contribution in [-0.2, 0) is 15.0 Å². The van der Waals surface area contributed by atoms with E-state index in [1.807, 2.05) is 24.3 Å². The normalized spacial score (nSPS) is 17.4. The van der Waals surface area contributed by atoms with Crippen molar-refractivity contribution in [2.24, 2.45) is 5.73 Å². The second-order valence-electron chi connectivity index (χ2n) is 6.11. The number of primary amides is 1. The minimum Gasteiger partial charge on any atom is -0.368 e. The Morgan fingerprint density at radius 2 is 1.82 bits per heavy atom. The molecule has 6 heteroatoms. The summed E-state index contributed by atoms with van der Waals surface area (Å²) in [5, 5.41) is -0.471. The van der Waals surface area contributed by atoms with Gasteiger partial charge in [-0.1, -0.05) is 45.0 Å². The van der Waals surface area contributed by atoms with E-state index in [0.29, 0.717) is 4.91 Å². The highest BCUT2D eigenvalue weighted by atomic mass is 32.2. The molecule has 0 aromatic heterocycles. The summed E-state index contributed by atoms with van der Waals surface area (Å²) in [6.45, 7) is 5.98. The van der Waals surface area contributed by atoms with Crippen LogP contribution in [-0.4, -0.2) is 28.5 Å². The maximum Gasteiger partial charge on any atom is 0.294 e. The molecular weight excluding hydrogens is 300 g/mol. The highest BCUT2D eigenvalue weighted by Crippen LogP contribution is 2.32. The molecule has 0 aliphatic carbocycles. The lowest BCUT2D eigenvalue weighted by atomic mass is 9.87. The van der Waals surface area contributed by atoms with E-state index < -0.39 is 17.1 Å². The van der Waals surface area contributed by atoms with Gasteiger partial charge < -0.3 is 5.73 Å². The molecule has 1 fully saturated rings. The topological polar surface area (TPSA) is 80.5 Å². The Kier molecular flexibility index (Phi) is 4.42. The minimum atomic E-state index is -0.710. The Morgan fingerprint density at radius 3 is 2.32 bits per heavy atom. The van der Waals surface area contributed by atoms with Crippen LogP contribution in [0.4, 0.5) is 4.79 Å². The van der Waals surface area contributed by atoms with Crippen molar-refractivity contribution in [1.29, 1.82) is 0 Å². The van der Waals surface area contributed by atoms with Gasteiger partial charge in [-0.25, -0.2) is 0 Å². The lowest BCUT2D eigenvalue weighted by Gasteiger charge is -2.18. The first kappa shape index (κ1) is 16.3. The van der Waals surface area contributed by atoms with Gasteiger partial charge in [0, 0.05) is 0 Å². The fourth-order valence-corrected chi connectivity index (χ4v) is 2.86. The first-order valence-corrected chi connectivity index (χ1v) is 7.64. The standard InChI is InChI=1S/C16H18N2O3S/c1-16(2,3)11-6-4-10(5-7-11)8-12-14(20)18(9-13(17)19)15(21)22-12/h4-8H,9H2,1-3H3,(H2,17,19)/b12-8-. The highest BCUT2D eigenvalue weighted by Gasteiger charge is 2.35. The summed E-state index contributed by atoms with van der Waals surface area (Å²) >= 11 is 0.819. The highest BCUT2D eigenvalue weighted by molar-refractivity contribution is 8.18. The van der Waals surface area contributed by atoms with Crippen molar-refractivity contribution >= 4 is 34.9 Å². The number of rotatable bonds is 3. The van der Waals surface area contributed by atoms with Gasteiger partial charge in [-0.2, -0.15) is 0 Å². The molecule has 2 N–H and O–H groups in total. The van der Waals surface area contributed by atoms with Crippen molar-refractivity contribution in [2.75, 3.05) is 6.54 Å². The van der Waals surface area contributed by atoms with Crippen LogP contribution < -0.4 is 5.73 Å². The summed E-state index contributed by atoms with van der Waals surface area (Å²) < 4.78 is 0. The average molecular weight is 318 g/mol. The summed E-state index contributed by atoms with van der Waals surface area (Å²) in [5.74, 6) is -1.19. The van der Waals surface area contributed by atoms with Crippen LogP contribution in [0.1, 0.15) is 31.9 Å². The van der Waals surface area contributed by atoms with E-state index in [2.05, 4.69) is 20.8 Å². The van der Waals surface area contributed by atoms with Gasteiger partial charge >= 0.3 is 0 Å². The van der Waals surface area contributed by atoms with Gasteiger partial charge in [0.15, 0.2) is 0 Å². The second-order valence-corrected chi connectivity index (χ2v) is 7.10. The number of carbonyl (C=O) groups excluding carboxylic acids is 3. The zero-order valence-corrected chi connectivity index (χ0v) is 13.6. The molecule has 116 valence electrons. The first-order chi connectivity index (χ1) is 10.2. The molecule has 3 amide bonds. The average Bonchev–Trinajstić information content (AvgIpc) is 2.66. The van der Waals surface area contributed by atoms with Crippen LogP contribution in [0.25, 0.3) is 6.08 Å². The zero-order valence-electron chi connectivity index (χ0n) is 12.8. The molecule has 0 unspecified atom stereocenters. The lowest BCUT2D eigenvalue weighted by molar-refractivity contribution is -0.127. The molecule has 1 heterocycles. The smallest absolute Gasteiger partial charge is 0.294 e. The summed E-state index contributed by atoms with van der Waals surface area (Å²) in [6.07, 6.45) is 1.65. The predicted molar refractivity (Wildman–Crippen MR) is 87.0 cm³/mol. The molecule has 1 aromatic carbocycles. The maximum absolute atomic E-state index is 12.1. The van der Waals surface area contributed by atoms with Gasteiger partial charge in [0.25, 0.3) is 11.1 Å². The summed E-state index contributed by atoms with van der Waals surface area (Å²) in [4.78, 5) is 35.9.